The molecule has 0 aromatic rings. The Bertz CT molecular complexity index is 178. The standard InChI is InChI=1S/C8H16N2O2/c1-4-7(6(3)11)10-8(12)5(2)9/h5,7H,4,9H2,1-3H3,(H,10,12). The molecule has 4 heteroatoms. The summed E-state index contributed by atoms with van der Waals surface area (Å²) in [5.74, 6) is -0.316. The number of amides is 1. The van der Waals surface area contributed by atoms with Crippen LogP contribution in [0.3, 0.4) is 0 Å². The van der Waals surface area contributed by atoms with E-state index in [2.05, 4.69) is 5.32 Å². The van der Waals surface area contributed by atoms with E-state index in [1.165, 1.54) is 6.92 Å². The minimum Gasteiger partial charge on any atom is -0.345 e. The van der Waals surface area contributed by atoms with E-state index in [0.717, 1.165) is 0 Å². The van der Waals surface area contributed by atoms with Gasteiger partial charge in [-0.3, -0.25) is 9.59 Å². The molecule has 0 aromatic carbocycles. The minimum atomic E-state index is -0.557. The third-order valence-electron chi connectivity index (χ3n) is 1.63. The van der Waals surface area contributed by atoms with E-state index in [1.807, 2.05) is 6.92 Å². The molecule has 0 aliphatic heterocycles. The molecule has 2 atom stereocenters. The molecule has 2 unspecified atom stereocenters. The van der Waals surface area contributed by atoms with Crippen molar-refractivity contribution in [2.45, 2.75) is 39.3 Å². The van der Waals surface area contributed by atoms with Crippen LogP contribution < -0.4 is 11.1 Å². The maximum absolute atomic E-state index is 11.0. The Balaban J connectivity index is 4.03. The molecule has 0 radical (unpaired) electrons. The normalized spacial score (nSPS) is 15.0. The van der Waals surface area contributed by atoms with Crippen molar-refractivity contribution in [2.75, 3.05) is 0 Å². The molecule has 1 amide bonds. The second-order valence-electron chi connectivity index (χ2n) is 2.87. The largest absolute Gasteiger partial charge is 0.345 e. The summed E-state index contributed by atoms with van der Waals surface area (Å²) in [5, 5.41) is 2.55. The zero-order valence-electron chi connectivity index (χ0n) is 7.76. The molecule has 0 spiro atoms. The highest BCUT2D eigenvalue weighted by atomic mass is 16.2. The molecule has 12 heavy (non-hydrogen) atoms. The second kappa shape index (κ2) is 4.87. The number of carbonyl (C=O) groups excluding carboxylic acids is 2. The summed E-state index contributed by atoms with van der Waals surface area (Å²) in [6, 6.07) is -0.943. The Morgan fingerprint density at radius 3 is 2.25 bits per heavy atom. The van der Waals surface area contributed by atoms with E-state index >= 15 is 0 Å². The molecular weight excluding hydrogens is 156 g/mol. The molecule has 0 rings (SSSR count). The average Bonchev–Trinajstić information content (AvgIpc) is 1.98. The van der Waals surface area contributed by atoms with Gasteiger partial charge in [0.15, 0.2) is 5.78 Å². The van der Waals surface area contributed by atoms with Crippen LogP contribution in [0.1, 0.15) is 27.2 Å². The Hall–Kier alpha value is -0.900. The van der Waals surface area contributed by atoms with Crippen LogP contribution in [0.5, 0.6) is 0 Å². The number of Topliss-reactive ketones (excluding diaryl/α,β-unsaturated/α-hetero) is 1. The van der Waals surface area contributed by atoms with Gasteiger partial charge in [-0.15, -0.1) is 0 Å². The van der Waals surface area contributed by atoms with E-state index in [9.17, 15) is 9.59 Å². The third-order valence-corrected chi connectivity index (χ3v) is 1.63. The smallest absolute Gasteiger partial charge is 0.237 e. The van der Waals surface area contributed by atoms with Gasteiger partial charge in [0, 0.05) is 0 Å². The van der Waals surface area contributed by atoms with E-state index in [-0.39, 0.29) is 17.7 Å². The summed E-state index contributed by atoms with van der Waals surface area (Å²) in [6.07, 6.45) is 0.605. The molecule has 0 saturated carbocycles. The Morgan fingerprint density at radius 1 is 1.50 bits per heavy atom. The van der Waals surface area contributed by atoms with Gasteiger partial charge in [-0.1, -0.05) is 6.92 Å². The molecule has 4 nitrogen and oxygen atoms in total. The lowest BCUT2D eigenvalue weighted by Gasteiger charge is -2.14. The van der Waals surface area contributed by atoms with Crippen molar-refractivity contribution in [3.63, 3.8) is 0 Å². The number of nitrogens with two attached hydrogens (primary N) is 1. The van der Waals surface area contributed by atoms with E-state index in [0.29, 0.717) is 6.42 Å². The first kappa shape index (κ1) is 11.1. The zero-order chi connectivity index (χ0) is 9.72. The fourth-order valence-corrected chi connectivity index (χ4v) is 0.794. The first-order valence-electron chi connectivity index (χ1n) is 4.05. The molecule has 0 aliphatic carbocycles. The lowest BCUT2D eigenvalue weighted by molar-refractivity contribution is -0.127. The van der Waals surface area contributed by atoms with Gasteiger partial charge in [0.2, 0.25) is 5.91 Å². The quantitative estimate of drug-likeness (QED) is 0.617. The molecular formula is C8H16N2O2. The van der Waals surface area contributed by atoms with Crippen molar-refractivity contribution in [1.82, 2.24) is 5.32 Å². The van der Waals surface area contributed by atoms with Gasteiger partial charge >= 0.3 is 0 Å². The highest BCUT2D eigenvalue weighted by molar-refractivity contribution is 5.89. The van der Waals surface area contributed by atoms with Crippen LogP contribution in [0.4, 0.5) is 0 Å². The van der Waals surface area contributed by atoms with Crippen LogP contribution in [0.15, 0.2) is 0 Å². The van der Waals surface area contributed by atoms with Gasteiger partial charge in [-0.2, -0.15) is 0 Å². The molecule has 0 fully saturated rings. The van der Waals surface area contributed by atoms with E-state index in [1.54, 1.807) is 6.92 Å². The minimum absolute atomic E-state index is 0.0356. The number of nitrogens with one attached hydrogen (secondary N) is 1. The van der Waals surface area contributed by atoms with E-state index in [4.69, 9.17) is 5.73 Å². The number of rotatable bonds is 4. The molecule has 70 valence electrons. The summed E-state index contributed by atoms with van der Waals surface area (Å²) in [7, 11) is 0. The van der Waals surface area contributed by atoms with Gasteiger partial charge in [0.05, 0.1) is 12.1 Å². The number of ketones is 1. The van der Waals surface area contributed by atoms with Crippen molar-refractivity contribution < 1.29 is 9.59 Å². The second-order valence-corrected chi connectivity index (χ2v) is 2.87. The van der Waals surface area contributed by atoms with Crippen molar-refractivity contribution in [3.05, 3.63) is 0 Å². The van der Waals surface area contributed by atoms with E-state index < -0.39 is 6.04 Å². The molecule has 3 N–H and O–H groups in total. The number of hydrogen-bond donors (Lipinski definition) is 2. The first-order valence-corrected chi connectivity index (χ1v) is 4.05. The van der Waals surface area contributed by atoms with Crippen molar-refractivity contribution in [3.8, 4) is 0 Å². The van der Waals surface area contributed by atoms with Gasteiger partial charge in [-0.05, 0) is 20.3 Å². The summed E-state index contributed by atoms with van der Waals surface area (Å²) < 4.78 is 0. The van der Waals surface area contributed by atoms with Crippen LogP contribution in [-0.2, 0) is 9.59 Å². The fraction of sp³-hybridized carbons (Fsp3) is 0.750. The molecule has 0 bridgehead atoms. The van der Waals surface area contributed by atoms with Gasteiger partial charge in [0.25, 0.3) is 0 Å². The monoisotopic (exact) mass is 172 g/mol. The summed E-state index contributed by atoms with van der Waals surface area (Å²) in [5.41, 5.74) is 5.32. The molecule has 0 heterocycles. The highest BCUT2D eigenvalue weighted by Crippen LogP contribution is 1.92. The molecule has 0 aliphatic rings. The molecule has 0 saturated heterocycles. The lowest BCUT2D eigenvalue weighted by atomic mass is 10.1. The molecule has 0 aromatic heterocycles. The number of hydrogen-bond acceptors (Lipinski definition) is 3. The predicted molar refractivity (Wildman–Crippen MR) is 46.6 cm³/mol. The van der Waals surface area contributed by atoms with Gasteiger partial charge in [0.1, 0.15) is 0 Å². The highest BCUT2D eigenvalue weighted by Gasteiger charge is 2.16. The summed E-state index contributed by atoms with van der Waals surface area (Å²) in [6.45, 7) is 4.88. The van der Waals surface area contributed by atoms with Crippen molar-refractivity contribution in [1.29, 1.82) is 0 Å². The first-order chi connectivity index (χ1) is 5.49. The van der Waals surface area contributed by atoms with Crippen LogP contribution in [-0.4, -0.2) is 23.8 Å². The van der Waals surface area contributed by atoms with Crippen LogP contribution in [0, 0.1) is 0 Å². The van der Waals surface area contributed by atoms with Crippen LogP contribution in [0.2, 0.25) is 0 Å². The summed E-state index contributed by atoms with van der Waals surface area (Å²) >= 11 is 0. The maximum Gasteiger partial charge on any atom is 0.237 e. The SMILES string of the molecule is CCC(NC(=O)C(C)N)C(C)=O. The maximum atomic E-state index is 11.0. The van der Waals surface area contributed by atoms with Crippen LogP contribution >= 0.6 is 0 Å². The van der Waals surface area contributed by atoms with Crippen molar-refractivity contribution >= 4 is 11.7 Å². The Morgan fingerprint density at radius 2 is 2.00 bits per heavy atom. The van der Waals surface area contributed by atoms with Crippen molar-refractivity contribution in [2.24, 2.45) is 5.73 Å². The third kappa shape index (κ3) is 3.48. The zero-order valence-corrected chi connectivity index (χ0v) is 7.76. The van der Waals surface area contributed by atoms with Gasteiger partial charge < -0.3 is 11.1 Å². The van der Waals surface area contributed by atoms with Crippen LogP contribution in [0.25, 0.3) is 0 Å². The lowest BCUT2D eigenvalue weighted by Crippen LogP contribution is -2.46. The predicted octanol–water partition coefficient (Wildman–Crippen LogP) is -0.183. The summed E-state index contributed by atoms with van der Waals surface area (Å²) in [4.78, 5) is 21.9. The van der Waals surface area contributed by atoms with Gasteiger partial charge in [-0.25, -0.2) is 0 Å². The Labute approximate surface area is 72.5 Å². The average molecular weight is 172 g/mol. The topological polar surface area (TPSA) is 72.2 Å². The number of carbonyl (C=O) groups is 2. The Kier molecular flexibility index (Phi) is 4.51. The fourth-order valence-electron chi connectivity index (χ4n) is 0.794.